The maximum atomic E-state index is 2.46. The van der Waals surface area contributed by atoms with E-state index in [0.29, 0.717) is 0 Å². The first-order valence-electron chi connectivity index (χ1n) is 11.8. The van der Waals surface area contributed by atoms with E-state index in [2.05, 4.69) is 127 Å². The van der Waals surface area contributed by atoms with Crippen LogP contribution in [0.4, 0.5) is 0 Å². The van der Waals surface area contributed by atoms with E-state index in [1.807, 2.05) is 6.56 Å². The van der Waals surface area contributed by atoms with Crippen LogP contribution < -0.4 is 35.2 Å². The summed E-state index contributed by atoms with van der Waals surface area (Å²) >= 11 is -2.29. The van der Waals surface area contributed by atoms with Crippen LogP contribution in [0.25, 0.3) is 0 Å². The van der Waals surface area contributed by atoms with E-state index in [0.717, 1.165) is 12.8 Å². The Bertz CT molecular complexity index is 1060. The molecule has 0 nitrogen and oxygen atoms in total. The van der Waals surface area contributed by atoms with Gasteiger partial charge in [0.15, 0.2) is 0 Å². The third-order valence-electron chi connectivity index (χ3n) is 6.46. The van der Waals surface area contributed by atoms with Gasteiger partial charge in [-0.2, -0.15) is 0 Å². The van der Waals surface area contributed by atoms with Gasteiger partial charge in [-0.25, -0.2) is 0 Å². The molecule has 178 valence electrons. The molecule has 4 rings (SSSR count). The topological polar surface area (TPSA) is 0 Å². The van der Waals surface area contributed by atoms with Gasteiger partial charge in [0.2, 0.25) is 0 Å². The molecule has 4 heteroatoms. The first kappa shape index (κ1) is 29.3. The van der Waals surface area contributed by atoms with Gasteiger partial charge in [-0.3, -0.25) is 0 Å². The molecule has 0 fully saturated rings. The number of rotatable bonds is 4. The van der Waals surface area contributed by atoms with E-state index in [9.17, 15) is 0 Å². The van der Waals surface area contributed by atoms with Crippen molar-refractivity contribution in [1.29, 1.82) is 0 Å². The van der Waals surface area contributed by atoms with E-state index < -0.39 is 25.8 Å². The van der Waals surface area contributed by atoms with Crippen molar-refractivity contribution < 1.29 is 45.2 Å². The largest absolute Gasteiger partial charge is 1.00 e. The van der Waals surface area contributed by atoms with Gasteiger partial charge in [0.05, 0.1) is 0 Å². The molecule has 0 saturated carbocycles. The minimum Gasteiger partial charge on any atom is -1.00 e. The molecule has 2 aliphatic rings. The van der Waals surface area contributed by atoms with Gasteiger partial charge in [0, 0.05) is 0 Å². The summed E-state index contributed by atoms with van der Waals surface area (Å²) in [6.45, 7) is 14.4. The third-order valence-corrected chi connectivity index (χ3v) is 25.6. The molecule has 2 aliphatic carbocycles. The summed E-state index contributed by atoms with van der Waals surface area (Å²) in [7, 11) is 0. The van der Waals surface area contributed by atoms with E-state index in [1.54, 1.807) is 21.5 Å². The monoisotopic (exact) mass is 584 g/mol. The fourth-order valence-corrected chi connectivity index (χ4v) is 27.6. The van der Waals surface area contributed by atoms with Gasteiger partial charge in [0.25, 0.3) is 0 Å². The molecule has 0 aliphatic heterocycles. The molecule has 0 saturated heterocycles. The predicted octanol–water partition coefficient (Wildman–Crippen LogP) is 0.939. The van der Waals surface area contributed by atoms with Crippen LogP contribution in [0.15, 0.2) is 103 Å². The normalized spacial score (nSPS) is 15.1. The van der Waals surface area contributed by atoms with Gasteiger partial charge in [-0.15, -0.1) is 0 Å². The van der Waals surface area contributed by atoms with Crippen LogP contribution in [0.2, 0.25) is 0 Å². The van der Waals surface area contributed by atoms with Crippen molar-refractivity contribution >= 4 is 15.8 Å². The Labute approximate surface area is 227 Å². The standard InChI is InChI=1S/C12H10Si.2C9H13.2ClH.Zr/c1-3-7-11(8-4-1)13-12-9-5-2-6-10-12;2*1-9(2,3)8-6-4-5-7-8;;;/h1-10H;2*4,6H,5H2,1-3H3;2*1H;/q;;;;;+2/p-2. The summed E-state index contributed by atoms with van der Waals surface area (Å²) in [4.78, 5) is 0. The van der Waals surface area contributed by atoms with E-state index in [1.165, 1.54) is 0 Å². The van der Waals surface area contributed by atoms with Crippen molar-refractivity contribution in [1.82, 2.24) is 0 Å². The number of halogens is 2. The second-order valence-corrected chi connectivity index (χ2v) is 24.3. The van der Waals surface area contributed by atoms with Crippen molar-refractivity contribution in [3.8, 4) is 0 Å². The number of hydrogen-bond donors (Lipinski definition) is 0. The van der Waals surface area contributed by atoms with Crippen molar-refractivity contribution in [2.75, 3.05) is 0 Å². The molecule has 2 aromatic rings. The molecule has 34 heavy (non-hydrogen) atoms. The van der Waals surface area contributed by atoms with Gasteiger partial charge >= 0.3 is 204 Å². The molecule has 0 atom stereocenters. The summed E-state index contributed by atoms with van der Waals surface area (Å²) in [5, 5.41) is 3.19. The Morgan fingerprint density at radius 3 is 1.26 bits per heavy atom. The predicted molar refractivity (Wildman–Crippen MR) is 138 cm³/mol. The molecule has 0 radical (unpaired) electrons. The first-order chi connectivity index (χ1) is 15.2. The zero-order chi connectivity index (χ0) is 22.9. The maximum Gasteiger partial charge on any atom is -1.00 e. The zero-order valence-corrected chi connectivity index (χ0v) is 26.2. The summed E-state index contributed by atoms with van der Waals surface area (Å²) in [6.07, 6.45) is 12.2. The molecule has 0 N–H and O–H groups in total. The van der Waals surface area contributed by atoms with Crippen LogP contribution in [-0.2, 0) is 20.4 Å². The van der Waals surface area contributed by atoms with Crippen LogP contribution in [-0.4, -0.2) is 5.43 Å². The number of allylic oxidation sites excluding steroid dienone is 8. The summed E-state index contributed by atoms with van der Waals surface area (Å²) in [5.41, 5.74) is 2.77. The number of hydrogen-bond acceptors (Lipinski definition) is 0. The zero-order valence-electron chi connectivity index (χ0n) is 21.3. The Morgan fingerprint density at radius 2 is 0.941 bits per heavy atom. The smallest absolute Gasteiger partial charge is 1.00 e. The van der Waals surface area contributed by atoms with Crippen molar-refractivity contribution in [3.05, 3.63) is 103 Å². The summed E-state index contributed by atoms with van der Waals surface area (Å²) in [6, 6.07) is 23.0. The molecule has 0 bridgehead atoms. The van der Waals surface area contributed by atoms with Gasteiger partial charge < -0.3 is 24.8 Å². The molecule has 0 unspecified atom stereocenters. The fourth-order valence-electron chi connectivity index (χ4n) is 5.04. The van der Waals surface area contributed by atoms with E-state index >= 15 is 0 Å². The van der Waals surface area contributed by atoms with Crippen molar-refractivity contribution in [3.63, 3.8) is 0 Å². The average molecular weight is 587 g/mol. The van der Waals surface area contributed by atoms with Gasteiger partial charge in [-0.05, 0) is 0 Å². The molecule has 0 spiro atoms. The Balaban J connectivity index is 0.00000204. The van der Waals surface area contributed by atoms with Crippen LogP contribution in [0.1, 0.15) is 54.4 Å². The van der Waals surface area contributed by atoms with Crippen LogP contribution in [0.3, 0.4) is 0 Å². The summed E-state index contributed by atoms with van der Waals surface area (Å²) in [5.74, 6) is 0. The Hall–Kier alpha value is -0.920. The molecule has 0 aromatic heterocycles. The minimum atomic E-state index is -2.29. The quantitative estimate of drug-likeness (QED) is 0.468. The fraction of sp³-hybridized carbons (Fsp3) is 0.333. The van der Waals surface area contributed by atoms with Gasteiger partial charge in [-0.1, -0.05) is 0 Å². The Kier molecular flexibility index (Phi) is 10.2. The maximum absolute atomic E-state index is 2.46. The molecule has 0 amide bonds. The van der Waals surface area contributed by atoms with Crippen molar-refractivity contribution in [2.45, 2.75) is 54.4 Å². The van der Waals surface area contributed by atoms with Crippen LogP contribution in [0.5, 0.6) is 0 Å². The Morgan fingerprint density at radius 1 is 0.588 bits per heavy atom. The molecule has 0 heterocycles. The van der Waals surface area contributed by atoms with Gasteiger partial charge in [0.1, 0.15) is 0 Å². The second kappa shape index (κ2) is 11.9. The second-order valence-electron chi connectivity index (χ2n) is 11.0. The molecular weight excluding hydrogens is 551 g/mol. The van der Waals surface area contributed by atoms with Crippen molar-refractivity contribution in [2.24, 2.45) is 10.8 Å². The van der Waals surface area contributed by atoms with E-state index in [-0.39, 0.29) is 35.6 Å². The van der Waals surface area contributed by atoms with Crippen LogP contribution >= 0.6 is 0 Å². The summed E-state index contributed by atoms with van der Waals surface area (Å²) < 4.78 is 3.70. The average Bonchev–Trinajstić information content (AvgIpc) is 3.43. The number of benzene rings is 2. The van der Waals surface area contributed by atoms with Crippen LogP contribution in [0, 0.1) is 10.8 Å². The first-order valence-corrected chi connectivity index (χ1v) is 19.5. The third kappa shape index (κ3) is 6.25. The minimum absolute atomic E-state index is 0. The van der Waals surface area contributed by atoms with E-state index in [4.69, 9.17) is 0 Å². The molecular formula is C30H36Cl2SiZr. The molecule has 2 aromatic carbocycles. The SMILES string of the molecule is CC(C)(C)C1=[C]([Zr+2]([C]2=C(C(C)(C)C)C=CC2)=[Si](c2ccccc2)c2ccccc2)CC=C1.[Cl-].[Cl-].